The molecule has 2 N–H and O–H groups in total. The second-order valence-electron chi connectivity index (χ2n) is 2.78. The minimum Gasteiger partial charge on any atom is -0.366 e. The first-order valence-corrected chi connectivity index (χ1v) is 4.27. The lowest BCUT2D eigenvalue weighted by Crippen LogP contribution is -2.10. The van der Waals surface area contributed by atoms with Crippen molar-refractivity contribution in [3.05, 3.63) is 35.2 Å². The lowest BCUT2D eigenvalue weighted by molar-refractivity contribution is 0.100. The molecule has 1 amide bonds. The number of hydrogen-bond acceptors (Lipinski definition) is 3. The number of carbonyl (C=O) groups excluding carboxylic acids is 1. The normalized spacial score (nSPS) is 10.4. The summed E-state index contributed by atoms with van der Waals surface area (Å²) in [6.07, 6.45) is 1.59. The van der Waals surface area contributed by atoms with Crippen molar-refractivity contribution in [2.45, 2.75) is 0 Å². The van der Waals surface area contributed by atoms with Gasteiger partial charge in [0.1, 0.15) is 0 Å². The number of benzene rings is 1. The summed E-state index contributed by atoms with van der Waals surface area (Å²) in [6, 6.07) is 4.94. The molecule has 0 aliphatic rings. The van der Waals surface area contributed by atoms with Gasteiger partial charge in [-0.3, -0.25) is 4.79 Å². The second kappa shape index (κ2) is 3.23. The topological polar surface area (TPSA) is 68.9 Å². The van der Waals surface area contributed by atoms with Crippen LogP contribution in [0.5, 0.6) is 0 Å². The minimum absolute atomic E-state index is 0.152. The number of fused-ring (bicyclic) bond motifs is 1. The molecule has 4 nitrogen and oxygen atoms in total. The summed E-state index contributed by atoms with van der Waals surface area (Å²) < 4.78 is 0. The molecule has 2 aromatic rings. The van der Waals surface area contributed by atoms with Gasteiger partial charge < -0.3 is 5.73 Å². The number of hydrogen-bond donors (Lipinski definition) is 1. The van der Waals surface area contributed by atoms with Crippen molar-refractivity contribution in [3.8, 4) is 0 Å². The number of rotatable bonds is 1. The Morgan fingerprint density at radius 2 is 2.21 bits per heavy atom. The van der Waals surface area contributed by atoms with E-state index in [1.54, 1.807) is 24.4 Å². The Morgan fingerprint density at radius 1 is 1.43 bits per heavy atom. The van der Waals surface area contributed by atoms with Crippen LogP contribution in [0.3, 0.4) is 0 Å². The fourth-order valence-corrected chi connectivity index (χ4v) is 1.29. The van der Waals surface area contributed by atoms with E-state index < -0.39 is 5.91 Å². The summed E-state index contributed by atoms with van der Waals surface area (Å²) in [7, 11) is 0. The quantitative estimate of drug-likeness (QED) is 0.719. The molecule has 0 saturated carbocycles. The molecule has 1 aromatic heterocycles. The summed E-state index contributed by atoms with van der Waals surface area (Å²) in [5.41, 5.74) is 6.15. The lowest BCUT2D eigenvalue weighted by Gasteiger charge is -1.98. The van der Waals surface area contributed by atoms with E-state index in [9.17, 15) is 4.79 Å². The zero-order valence-electron chi connectivity index (χ0n) is 7.07. The Kier molecular flexibility index (Phi) is 2.05. The van der Waals surface area contributed by atoms with E-state index in [-0.39, 0.29) is 5.28 Å². The van der Waals surface area contributed by atoms with Crippen LogP contribution in [0, 0.1) is 0 Å². The Morgan fingerprint density at radius 3 is 2.93 bits per heavy atom. The molecule has 0 atom stereocenters. The van der Waals surface area contributed by atoms with Crippen LogP contribution in [0.25, 0.3) is 10.9 Å². The van der Waals surface area contributed by atoms with Crippen molar-refractivity contribution in [2.24, 2.45) is 5.73 Å². The molecule has 1 heterocycles. The first-order valence-electron chi connectivity index (χ1n) is 3.89. The Labute approximate surface area is 84.7 Å². The third-order valence-corrected chi connectivity index (χ3v) is 2.02. The van der Waals surface area contributed by atoms with Crippen molar-refractivity contribution < 1.29 is 4.79 Å². The van der Waals surface area contributed by atoms with Crippen molar-refractivity contribution in [1.82, 2.24) is 9.97 Å². The number of nitrogens with zero attached hydrogens (tertiary/aromatic N) is 2. The molecule has 70 valence electrons. The monoisotopic (exact) mass is 207 g/mol. The van der Waals surface area contributed by atoms with Crippen LogP contribution in [-0.2, 0) is 0 Å². The molecule has 0 unspecified atom stereocenters. The maximum atomic E-state index is 10.9. The highest BCUT2D eigenvalue weighted by Crippen LogP contribution is 2.14. The maximum absolute atomic E-state index is 10.9. The van der Waals surface area contributed by atoms with E-state index >= 15 is 0 Å². The average molecular weight is 208 g/mol. The van der Waals surface area contributed by atoms with Gasteiger partial charge in [-0.15, -0.1) is 0 Å². The molecule has 0 radical (unpaired) electrons. The van der Waals surface area contributed by atoms with Gasteiger partial charge in [0.05, 0.1) is 5.52 Å². The predicted molar refractivity (Wildman–Crippen MR) is 53.1 cm³/mol. The number of amides is 1. The first kappa shape index (κ1) is 8.90. The van der Waals surface area contributed by atoms with Gasteiger partial charge in [0.2, 0.25) is 11.2 Å². The van der Waals surface area contributed by atoms with Crippen LogP contribution >= 0.6 is 11.6 Å². The molecule has 5 heteroatoms. The van der Waals surface area contributed by atoms with Crippen LogP contribution in [0.1, 0.15) is 10.4 Å². The summed E-state index contributed by atoms with van der Waals surface area (Å²) in [5.74, 6) is -0.485. The molecule has 0 spiro atoms. The molecule has 0 saturated heterocycles. The number of halogens is 1. The molecule has 1 aromatic carbocycles. The maximum Gasteiger partial charge on any atom is 0.248 e. The van der Waals surface area contributed by atoms with Crippen molar-refractivity contribution in [1.29, 1.82) is 0 Å². The van der Waals surface area contributed by atoms with E-state index in [1.807, 2.05) is 0 Å². The highest BCUT2D eigenvalue weighted by atomic mass is 35.5. The van der Waals surface area contributed by atoms with Gasteiger partial charge in [0, 0.05) is 17.1 Å². The van der Waals surface area contributed by atoms with Crippen LogP contribution in [0.2, 0.25) is 5.28 Å². The third kappa shape index (κ3) is 1.52. The van der Waals surface area contributed by atoms with Crippen LogP contribution in [0.15, 0.2) is 24.4 Å². The van der Waals surface area contributed by atoms with Gasteiger partial charge in [-0.05, 0) is 23.7 Å². The minimum atomic E-state index is -0.485. The summed E-state index contributed by atoms with van der Waals surface area (Å²) in [4.78, 5) is 18.7. The Bertz CT molecular complexity index is 512. The van der Waals surface area contributed by atoms with E-state index in [2.05, 4.69) is 9.97 Å². The van der Waals surface area contributed by atoms with Gasteiger partial charge in [0.25, 0.3) is 0 Å². The summed E-state index contributed by atoms with van der Waals surface area (Å²) in [5, 5.41) is 0.971. The van der Waals surface area contributed by atoms with E-state index in [4.69, 9.17) is 17.3 Å². The van der Waals surface area contributed by atoms with E-state index in [1.165, 1.54) is 0 Å². The molecule has 0 bridgehead atoms. The third-order valence-electron chi connectivity index (χ3n) is 1.84. The van der Waals surface area contributed by atoms with Gasteiger partial charge in [0.15, 0.2) is 0 Å². The highest BCUT2D eigenvalue weighted by molar-refractivity contribution is 6.28. The molecule has 0 fully saturated rings. The zero-order chi connectivity index (χ0) is 10.1. The molecular formula is C9H6ClN3O. The predicted octanol–water partition coefficient (Wildman–Crippen LogP) is 1.38. The van der Waals surface area contributed by atoms with Gasteiger partial charge >= 0.3 is 0 Å². The first-order chi connectivity index (χ1) is 6.66. The molecular weight excluding hydrogens is 202 g/mol. The van der Waals surface area contributed by atoms with Gasteiger partial charge in [-0.2, -0.15) is 0 Å². The largest absolute Gasteiger partial charge is 0.366 e. The smallest absolute Gasteiger partial charge is 0.248 e. The number of primary amides is 1. The molecule has 0 aliphatic carbocycles. The second-order valence-corrected chi connectivity index (χ2v) is 3.11. The molecule has 0 aliphatic heterocycles. The molecule has 2 rings (SSSR count). The van der Waals surface area contributed by atoms with Crippen molar-refractivity contribution in [2.75, 3.05) is 0 Å². The van der Waals surface area contributed by atoms with Crippen LogP contribution < -0.4 is 5.73 Å². The summed E-state index contributed by atoms with van der Waals surface area (Å²) >= 11 is 5.61. The van der Waals surface area contributed by atoms with Crippen molar-refractivity contribution in [3.63, 3.8) is 0 Å². The van der Waals surface area contributed by atoms with Crippen molar-refractivity contribution >= 4 is 28.4 Å². The van der Waals surface area contributed by atoms with Gasteiger partial charge in [-0.25, -0.2) is 9.97 Å². The Balaban J connectivity index is 2.69. The van der Waals surface area contributed by atoms with E-state index in [0.29, 0.717) is 11.1 Å². The SMILES string of the molecule is NC(=O)c1ccc2cnc(Cl)nc2c1. The number of aromatic nitrogens is 2. The highest BCUT2D eigenvalue weighted by Gasteiger charge is 2.03. The van der Waals surface area contributed by atoms with Gasteiger partial charge in [-0.1, -0.05) is 6.07 Å². The fourth-order valence-electron chi connectivity index (χ4n) is 1.15. The molecule has 14 heavy (non-hydrogen) atoms. The average Bonchev–Trinajstić information content (AvgIpc) is 2.16. The van der Waals surface area contributed by atoms with E-state index in [0.717, 1.165) is 5.39 Å². The van der Waals surface area contributed by atoms with Crippen LogP contribution in [-0.4, -0.2) is 15.9 Å². The lowest BCUT2D eigenvalue weighted by atomic mass is 10.1. The zero-order valence-corrected chi connectivity index (χ0v) is 7.82. The number of nitrogens with two attached hydrogens (primary N) is 1. The number of carbonyl (C=O) groups is 1. The Hall–Kier alpha value is -1.68. The standard InChI is InChI=1S/C9H6ClN3O/c10-9-12-4-6-2-1-5(8(11)14)3-7(6)13-9/h1-4H,(H2,11,14). The summed E-state index contributed by atoms with van der Waals surface area (Å²) in [6.45, 7) is 0. The fraction of sp³-hybridized carbons (Fsp3) is 0. The van der Waals surface area contributed by atoms with Crippen LogP contribution in [0.4, 0.5) is 0 Å².